The Labute approximate surface area is 135 Å². The Balaban J connectivity index is 1.38. The molecular formula is C15H24N6O2. The molecule has 3 heterocycles. The van der Waals surface area contributed by atoms with Crippen LogP contribution < -0.4 is 0 Å². The number of hydrogen-bond acceptors (Lipinski definition) is 6. The zero-order valence-electron chi connectivity index (χ0n) is 13.3. The van der Waals surface area contributed by atoms with Crippen LogP contribution in [0.4, 0.5) is 0 Å². The number of fused-ring (bicyclic) bond motifs is 1. The number of carbonyl (C=O) groups excluding carboxylic acids is 1. The fourth-order valence-corrected chi connectivity index (χ4v) is 4.57. The molecule has 0 bridgehead atoms. The Morgan fingerprint density at radius 3 is 2.61 bits per heavy atom. The van der Waals surface area contributed by atoms with Crippen LogP contribution in [-0.4, -0.2) is 79.3 Å². The standard InChI is InChI=1S/C15H24N6O2/c22-14-6-12-8-20(15(23)9-21-10-16-17-18-21)7-11(12)5-13(14)19-3-1-2-4-19/h10-14,22H,1-9H2/t11-,12+,13-,14-/m1/s1. The third-order valence-electron chi connectivity index (χ3n) is 5.76. The zero-order valence-corrected chi connectivity index (χ0v) is 13.3. The first-order valence-electron chi connectivity index (χ1n) is 8.61. The highest BCUT2D eigenvalue weighted by Gasteiger charge is 2.44. The molecule has 2 saturated heterocycles. The van der Waals surface area contributed by atoms with Gasteiger partial charge in [-0.05, 0) is 61.0 Å². The molecule has 2 aliphatic heterocycles. The van der Waals surface area contributed by atoms with E-state index in [1.54, 1.807) is 0 Å². The van der Waals surface area contributed by atoms with Gasteiger partial charge >= 0.3 is 0 Å². The van der Waals surface area contributed by atoms with Gasteiger partial charge in [0.05, 0.1) is 6.10 Å². The van der Waals surface area contributed by atoms with E-state index < -0.39 is 0 Å². The highest BCUT2D eigenvalue weighted by Crippen LogP contribution is 2.39. The van der Waals surface area contributed by atoms with E-state index in [2.05, 4.69) is 20.4 Å². The predicted molar refractivity (Wildman–Crippen MR) is 81.2 cm³/mol. The van der Waals surface area contributed by atoms with Gasteiger partial charge in [0.15, 0.2) is 0 Å². The van der Waals surface area contributed by atoms with E-state index in [9.17, 15) is 9.90 Å². The third kappa shape index (κ3) is 2.97. The molecule has 1 aromatic rings. The van der Waals surface area contributed by atoms with Gasteiger partial charge < -0.3 is 10.0 Å². The second-order valence-corrected chi connectivity index (χ2v) is 7.18. The van der Waals surface area contributed by atoms with Gasteiger partial charge in [-0.2, -0.15) is 0 Å². The largest absolute Gasteiger partial charge is 0.391 e. The maximum absolute atomic E-state index is 12.4. The summed E-state index contributed by atoms with van der Waals surface area (Å²) in [7, 11) is 0. The monoisotopic (exact) mass is 320 g/mol. The van der Waals surface area contributed by atoms with Crippen molar-refractivity contribution in [3.05, 3.63) is 6.33 Å². The van der Waals surface area contributed by atoms with Crippen molar-refractivity contribution in [1.82, 2.24) is 30.0 Å². The van der Waals surface area contributed by atoms with E-state index >= 15 is 0 Å². The summed E-state index contributed by atoms with van der Waals surface area (Å²) < 4.78 is 1.46. The number of likely N-dealkylation sites (tertiary alicyclic amines) is 2. The minimum atomic E-state index is -0.246. The summed E-state index contributed by atoms with van der Waals surface area (Å²) in [4.78, 5) is 16.8. The van der Waals surface area contributed by atoms with Crippen LogP contribution >= 0.6 is 0 Å². The highest BCUT2D eigenvalue weighted by atomic mass is 16.3. The molecular weight excluding hydrogens is 296 g/mol. The molecule has 0 radical (unpaired) electrons. The number of tetrazole rings is 1. The molecule has 1 N–H and O–H groups in total. The summed E-state index contributed by atoms with van der Waals surface area (Å²) in [5.74, 6) is 1.02. The fraction of sp³-hybridized carbons (Fsp3) is 0.867. The molecule has 0 unspecified atom stereocenters. The number of aliphatic hydroxyl groups excluding tert-OH is 1. The molecule has 1 amide bonds. The van der Waals surface area contributed by atoms with Crippen LogP contribution in [0.15, 0.2) is 6.33 Å². The van der Waals surface area contributed by atoms with E-state index in [0.29, 0.717) is 11.8 Å². The van der Waals surface area contributed by atoms with Gasteiger partial charge in [-0.15, -0.1) is 5.10 Å². The van der Waals surface area contributed by atoms with Crippen molar-refractivity contribution in [2.24, 2.45) is 11.8 Å². The van der Waals surface area contributed by atoms with Crippen molar-refractivity contribution < 1.29 is 9.90 Å². The normalized spacial score (nSPS) is 34.7. The first-order chi connectivity index (χ1) is 11.2. The van der Waals surface area contributed by atoms with E-state index in [0.717, 1.165) is 39.0 Å². The van der Waals surface area contributed by atoms with E-state index in [1.165, 1.54) is 23.9 Å². The molecule has 126 valence electrons. The Hall–Kier alpha value is -1.54. The summed E-state index contributed by atoms with van der Waals surface area (Å²) in [6.45, 7) is 3.99. The van der Waals surface area contributed by atoms with Gasteiger partial charge in [0, 0.05) is 19.1 Å². The van der Waals surface area contributed by atoms with Crippen LogP contribution in [0.25, 0.3) is 0 Å². The van der Waals surface area contributed by atoms with Crippen LogP contribution in [-0.2, 0) is 11.3 Å². The number of nitrogens with zero attached hydrogens (tertiary/aromatic N) is 6. The van der Waals surface area contributed by atoms with Gasteiger partial charge in [-0.3, -0.25) is 9.69 Å². The molecule has 4 atom stereocenters. The first kappa shape index (κ1) is 15.0. The van der Waals surface area contributed by atoms with Crippen molar-refractivity contribution >= 4 is 5.91 Å². The maximum Gasteiger partial charge on any atom is 0.244 e. The quantitative estimate of drug-likeness (QED) is 0.798. The lowest BCUT2D eigenvalue weighted by atomic mass is 9.77. The number of hydrogen-bond donors (Lipinski definition) is 1. The summed E-state index contributed by atoms with van der Waals surface area (Å²) in [5.41, 5.74) is 0. The molecule has 23 heavy (non-hydrogen) atoms. The van der Waals surface area contributed by atoms with E-state index in [1.807, 2.05) is 4.90 Å². The van der Waals surface area contributed by atoms with Gasteiger partial charge in [0.1, 0.15) is 12.9 Å². The summed E-state index contributed by atoms with van der Waals surface area (Å²) >= 11 is 0. The average molecular weight is 320 g/mol. The number of aliphatic hydroxyl groups is 1. The van der Waals surface area contributed by atoms with Crippen LogP contribution in [0.2, 0.25) is 0 Å². The lowest BCUT2D eigenvalue weighted by molar-refractivity contribution is -0.131. The van der Waals surface area contributed by atoms with Crippen molar-refractivity contribution in [3.63, 3.8) is 0 Å². The van der Waals surface area contributed by atoms with Crippen LogP contribution in [0.1, 0.15) is 25.7 Å². The summed E-state index contributed by atoms with van der Waals surface area (Å²) in [6, 6.07) is 0.285. The molecule has 1 aliphatic carbocycles. The molecule has 0 spiro atoms. The smallest absolute Gasteiger partial charge is 0.244 e. The fourth-order valence-electron chi connectivity index (χ4n) is 4.57. The van der Waals surface area contributed by atoms with Gasteiger partial charge in [-0.1, -0.05) is 0 Å². The lowest BCUT2D eigenvalue weighted by Crippen LogP contribution is -2.48. The topological polar surface area (TPSA) is 87.4 Å². The molecule has 8 heteroatoms. The number of carbonyl (C=O) groups is 1. The van der Waals surface area contributed by atoms with Gasteiger partial charge in [-0.25, -0.2) is 4.68 Å². The van der Waals surface area contributed by atoms with Crippen molar-refractivity contribution in [2.45, 2.75) is 44.4 Å². The Morgan fingerprint density at radius 2 is 1.91 bits per heavy atom. The van der Waals surface area contributed by atoms with Crippen LogP contribution in [0.5, 0.6) is 0 Å². The predicted octanol–water partition coefficient (Wildman–Crippen LogP) is -0.633. The average Bonchev–Trinajstić information content (AvgIpc) is 3.27. The van der Waals surface area contributed by atoms with Gasteiger partial charge in [0.2, 0.25) is 5.91 Å². The molecule has 3 aliphatic rings. The molecule has 8 nitrogen and oxygen atoms in total. The van der Waals surface area contributed by atoms with Crippen molar-refractivity contribution in [1.29, 1.82) is 0 Å². The lowest BCUT2D eigenvalue weighted by Gasteiger charge is -2.40. The minimum Gasteiger partial charge on any atom is -0.391 e. The summed E-state index contributed by atoms with van der Waals surface area (Å²) in [5, 5.41) is 21.4. The summed E-state index contributed by atoms with van der Waals surface area (Å²) in [6.07, 6.45) is 5.54. The van der Waals surface area contributed by atoms with E-state index in [-0.39, 0.29) is 24.6 Å². The number of rotatable bonds is 3. The van der Waals surface area contributed by atoms with Gasteiger partial charge in [0.25, 0.3) is 0 Å². The van der Waals surface area contributed by atoms with Crippen LogP contribution in [0.3, 0.4) is 0 Å². The zero-order chi connectivity index (χ0) is 15.8. The third-order valence-corrected chi connectivity index (χ3v) is 5.76. The van der Waals surface area contributed by atoms with Crippen molar-refractivity contribution in [3.8, 4) is 0 Å². The SMILES string of the molecule is O=C(Cn1cnnn1)N1C[C@H]2C[C@@H](N3CCCC3)[C@H](O)C[C@H]2C1. The van der Waals surface area contributed by atoms with Crippen molar-refractivity contribution in [2.75, 3.05) is 26.2 Å². The Bertz CT molecular complexity index is 544. The molecule has 1 aromatic heterocycles. The number of aromatic nitrogens is 4. The minimum absolute atomic E-state index is 0.0684. The molecule has 4 rings (SSSR count). The molecule has 1 saturated carbocycles. The maximum atomic E-state index is 12.4. The second kappa shape index (κ2) is 6.16. The molecule has 3 fully saturated rings. The van der Waals surface area contributed by atoms with E-state index in [4.69, 9.17) is 0 Å². The highest BCUT2D eigenvalue weighted by molar-refractivity contribution is 5.76. The number of amides is 1. The Kier molecular flexibility index (Phi) is 4.02. The van der Waals surface area contributed by atoms with Crippen LogP contribution in [0, 0.1) is 11.8 Å². The first-order valence-corrected chi connectivity index (χ1v) is 8.61. The molecule has 0 aromatic carbocycles. The Morgan fingerprint density at radius 1 is 1.17 bits per heavy atom. The second-order valence-electron chi connectivity index (χ2n) is 7.18.